The molecule has 1 aromatic heterocycles. The first-order valence-electron chi connectivity index (χ1n) is 10.3. The van der Waals surface area contributed by atoms with Gasteiger partial charge in [-0.15, -0.1) is 0 Å². The van der Waals surface area contributed by atoms with Crippen LogP contribution in [0.5, 0.6) is 0 Å². The van der Waals surface area contributed by atoms with E-state index < -0.39 is 17.7 Å². The van der Waals surface area contributed by atoms with E-state index in [1.54, 1.807) is 9.80 Å². The molecular weight excluding hydrogens is 390 g/mol. The molecule has 2 heterocycles. The molecule has 160 valence electrons. The quantitative estimate of drug-likeness (QED) is 0.813. The zero-order valence-corrected chi connectivity index (χ0v) is 17.1. The van der Waals surface area contributed by atoms with Crippen molar-refractivity contribution in [1.29, 1.82) is 0 Å². The summed E-state index contributed by atoms with van der Waals surface area (Å²) in [5.74, 6) is -1.60. The summed E-state index contributed by atoms with van der Waals surface area (Å²) >= 11 is 0. The Morgan fingerprint density at radius 1 is 1.20 bits per heavy atom. The van der Waals surface area contributed by atoms with Crippen molar-refractivity contribution < 1.29 is 18.4 Å². The summed E-state index contributed by atoms with van der Waals surface area (Å²) in [6.45, 7) is 4.64. The van der Waals surface area contributed by atoms with Crippen LogP contribution in [0.25, 0.3) is 0 Å². The fourth-order valence-electron chi connectivity index (χ4n) is 4.02. The topological polar surface area (TPSA) is 57.6 Å². The molecule has 30 heavy (non-hydrogen) atoms. The molecule has 1 aliphatic carbocycles. The number of nitrogens with one attached hydrogen (secondary N) is 1. The maximum atomic E-state index is 14.7. The number of nitrogens with zero attached hydrogens (tertiary/aromatic N) is 3. The second-order valence-electron chi connectivity index (χ2n) is 8.25. The second kappa shape index (κ2) is 8.08. The third-order valence-corrected chi connectivity index (χ3v) is 5.58. The van der Waals surface area contributed by atoms with Gasteiger partial charge < -0.3 is 19.7 Å². The fraction of sp³-hybridized carbons (Fsp3) is 0.455. The van der Waals surface area contributed by atoms with Crippen LogP contribution in [0.4, 0.5) is 13.6 Å². The molecule has 0 unspecified atom stereocenters. The van der Waals surface area contributed by atoms with E-state index in [4.69, 9.17) is 0 Å². The number of halogens is 2. The lowest BCUT2D eigenvalue weighted by molar-refractivity contribution is -0.134. The summed E-state index contributed by atoms with van der Waals surface area (Å²) in [6.07, 6.45) is 3.63. The molecule has 4 rings (SSSR count). The van der Waals surface area contributed by atoms with Gasteiger partial charge in [-0.3, -0.25) is 4.79 Å². The van der Waals surface area contributed by atoms with Crippen LogP contribution in [-0.2, 0) is 11.3 Å². The van der Waals surface area contributed by atoms with E-state index in [-0.39, 0.29) is 36.1 Å². The van der Waals surface area contributed by atoms with Crippen LogP contribution in [-0.4, -0.2) is 51.5 Å². The third kappa shape index (κ3) is 4.04. The number of carbonyl (C=O) groups excluding carboxylic acids is 2. The predicted octanol–water partition coefficient (Wildman–Crippen LogP) is 3.28. The molecule has 2 aromatic rings. The number of fused-ring (bicyclic) bond motifs is 1. The largest absolute Gasteiger partial charge is 0.348 e. The number of urea groups is 1. The van der Waals surface area contributed by atoms with Gasteiger partial charge in [-0.25, -0.2) is 13.6 Å². The van der Waals surface area contributed by atoms with E-state index in [2.05, 4.69) is 5.32 Å². The van der Waals surface area contributed by atoms with Gasteiger partial charge in [0.2, 0.25) is 5.91 Å². The zero-order valence-electron chi connectivity index (χ0n) is 17.1. The first-order valence-corrected chi connectivity index (χ1v) is 10.3. The van der Waals surface area contributed by atoms with Crippen molar-refractivity contribution in [3.05, 3.63) is 59.4 Å². The zero-order chi connectivity index (χ0) is 21.4. The Kier molecular flexibility index (Phi) is 5.49. The van der Waals surface area contributed by atoms with Crippen LogP contribution in [0, 0.1) is 11.6 Å². The summed E-state index contributed by atoms with van der Waals surface area (Å²) in [5, 5.41) is 2.85. The molecule has 1 aromatic carbocycles. The molecule has 1 fully saturated rings. The highest BCUT2D eigenvalue weighted by Gasteiger charge is 2.38. The SMILES string of the molecule is CC(C)NC(=O)N(CC(=O)N1CCn2cccc2[C@@H]1c1ccc(F)cc1F)C1CC1. The molecule has 1 saturated carbocycles. The molecule has 0 bridgehead atoms. The summed E-state index contributed by atoms with van der Waals surface area (Å²) in [7, 11) is 0. The number of aromatic nitrogens is 1. The number of rotatable bonds is 5. The highest BCUT2D eigenvalue weighted by Crippen LogP contribution is 2.35. The minimum absolute atomic E-state index is 0.0341. The van der Waals surface area contributed by atoms with Gasteiger partial charge in [0.1, 0.15) is 24.2 Å². The maximum absolute atomic E-state index is 14.7. The van der Waals surface area contributed by atoms with E-state index >= 15 is 0 Å². The monoisotopic (exact) mass is 416 g/mol. The number of hydrogen-bond acceptors (Lipinski definition) is 2. The van der Waals surface area contributed by atoms with Gasteiger partial charge in [0, 0.05) is 48.7 Å². The number of carbonyl (C=O) groups is 2. The van der Waals surface area contributed by atoms with Crippen LogP contribution < -0.4 is 5.32 Å². The molecule has 1 aliphatic heterocycles. The van der Waals surface area contributed by atoms with Crippen molar-refractivity contribution in [3.63, 3.8) is 0 Å². The van der Waals surface area contributed by atoms with Crippen LogP contribution in [0.3, 0.4) is 0 Å². The van der Waals surface area contributed by atoms with Crippen LogP contribution in [0.15, 0.2) is 36.5 Å². The summed E-state index contributed by atoms with van der Waals surface area (Å²) in [6, 6.07) is 6.23. The molecule has 1 atom stereocenters. The molecular formula is C22H26F2N4O2. The molecule has 0 saturated heterocycles. The molecule has 0 spiro atoms. The van der Waals surface area contributed by atoms with Crippen molar-refractivity contribution in [2.45, 2.75) is 51.4 Å². The minimum Gasteiger partial charge on any atom is -0.348 e. The third-order valence-electron chi connectivity index (χ3n) is 5.58. The average Bonchev–Trinajstić information content (AvgIpc) is 3.40. The first kappa shape index (κ1) is 20.4. The molecule has 3 amide bonds. The summed E-state index contributed by atoms with van der Waals surface area (Å²) in [5.41, 5.74) is 1.01. The van der Waals surface area contributed by atoms with Gasteiger partial charge in [-0.05, 0) is 44.9 Å². The Morgan fingerprint density at radius 2 is 1.97 bits per heavy atom. The smallest absolute Gasteiger partial charge is 0.318 e. The summed E-state index contributed by atoms with van der Waals surface area (Å²) < 4.78 is 30.1. The Bertz CT molecular complexity index is 954. The van der Waals surface area contributed by atoms with Crippen molar-refractivity contribution in [3.8, 4) is 0 Å². The van der Waals surface area contributed by atoms with Gasteiger partial charge in [0.15, 0.2) is 0 Å². The van der Waals surface area contributed by atoms with E-state index in [9.17, 15) is 18.4 Å². The molecule has 6 nitrogen and oxygen atoms in total. The van der Waals surface area contributed by atoms with Crippen LogP contribution in [0.1, 0.15) is 44.0 Å². The van der Waals surface area contributed by atoms with Gasteiger partial charge in [0.25, 0.3) is 0 Å². The lowest BCUT2D eigenvalue weighted by Gasteiger charge is -2.38. The lowest BCUT2D eigenvalue weighted by Crippen LogP contribution is -2.51. The van der Waals surface area contributed by atoms with Crippen molar-refractivity contribution >= 4 is 11.9 Å². The second-order valence-corrected chi connectivity index (χ2v) is 8.25. The minimum atomic E-state index is -0.691. The molecule has 0 radical (unpaired) electrons. The standard InChI is InChI=1S/C22H26F2N4O2/c1-14(2)25-22(30)28(16-6-7-16)13-20(29)27-11-10-26-9-3-4-19(26)21(27)17-8-5-15(23)12-18(17)24/h3-5,8-9,12,14,16,21H,6-7,10-11,13H2,1-2H3,(H,25,30)/t21-/m0/s1. The molecule has 2 aliphatic rings. The lowest BCUT2D eigenvalue weighted by atomic mass is 9.99. The van der Waals surface area contributed by atoms with E-state index in [0.717, 1.165) is 24.6 Å². The Labute approximate surface area is 174 Å². The first-order chi connectivity index (χ1) is 14.3. The fourth-order valence-corrected chi connectivity index (χ4v) is 4.02. The normalized spacial score (nSPS) is 18.3. The Hall–Kier alpha value is -2.90. The van der Waals surface area contributed by atoms with Gasteiger partial charge in [-0.1, -0.05) is 6.07 Å². The number of amides is 3. The maximum Gasteiger partial charge on any atom is 0.318 e. The Morgan fingerprint density at radius 3 is 2.63 bits per heavy atom. The predicted molar refractivity (Wildman–Crippen MR) is 108 cm³/mol. The highest BCUT2D eigenvalue weighted by molar-refractivity contribution is 5.85. The number of benzene rings is 1. The van der Waals surface area contributed by atoms with Gasteiger partial charge in [-0.2, -0.15) is 0 Å². The van der Waals surface area contributed by atoms with Gasteiger partial charge >= 0.3 is 6.03 Å². The van der Waals surface area contributed by atoms with E-state index in [1.165, 1.54) is 12.1 Å². The van der Waals surface area contributed by atoms with Crippen LogP contribution in [0.2, 0.25) is 0 Å². The van der Waals surface area contributed by atoms with Gasteiger partial charge in [0.05, 0.1) is 0 Å². The molecule has 1 N–H and O–H groups in total. The van der Waals surface area contributed by atoms with E-state index in [1.807, 2.05) is 36.7 Å². The van der Waals surface area contributed by atoms with Crippen molar-refractivity contribution in [2.75, 3.05) is 13.1 Å². The van der Waals surface area contributed by atoms with Crippen LogP contribution >= 0.6 is 0 Å². The van der Waals surface area contributed by atoms with E-state index in [0.29, 0.717) is 13.1 Å². The Balaban J connectivity index is 1.62. The average molecular weight is 416 g/mol. The summed E-state index contributed by atoms with van der Waals surface area (Å²) in [4.78, 5) is 29.1. The molecule has 8 heteroatoms. The van der Waals surface area contributed by atoms with Crippen molar-refractivity contribution in [1.82, 2.24) is 19.7 Å². The highest BCUT2D eigenvalue weighted by atomic mass is 19.1. The van der Waals surface area contributed by atoms with Crippen molar-refractivity contribution in [2.24, 2.45) is 0 Å². The number of hydrogen-bond donors (Lipinski definition) is 1.